The van der Waals surface area contributed by atoms with E-state index in [4.69, 9.17) is 9.47 Å². The molecule has 2 aliphatic heterocycles. The van der Waals surface area contributed by atoms with Crippen molar-refractivity contribution in [3.8, 4) is 5.75 Å². The van der Waals surface area contributed by atoms with Crippen molar-refractivity contribution >= 4 is 0 Å². The van der Waals surface area contributed by atoms with Crippen LogP contribution in [0.15, 0.2) is 35.9 Å². The Kier molecular flexibility index (Phi) is 4.31. The molecule has 3 rings (SSSR count). The lowest BCUT2D eigenvalue weighted by Crippen LogP contribution is -2.50. The number of fused-ring (bicyclic) bond motifs is 3. The Morgan fingerprint density at radius 2 is 2.05 bits per heavy atom. The third-order valence-electron chi connectivity index (χ3n) is 5.17. The fourth-order valence-corrected chi connectivity index (χ4v) is 3.91. The summed E-state index contributed by atoms with van der Waals surface area (Å²) < 4.78 is 12.8. The van der Waals surface area contributed by atoms with Gasteiger partial charge in [0.1, 0.15) is 11.4 Å². The Morgan fingerprint density at radius 1 is 1.27 bits per heavy atom. The number of para-hydroxylation sites is 1. The Bertz CT molecular complexity index is 559. The molecule has 1 aromatic carbocycles. The Hall–Kier alpha value is -1.28. The molecule has 120 valence electrons. The first-order chi connectivity index (χ1) is 10.5. The van der Waals surface area contributed by atoms with Crippen molar-refractivity contribution in [1.29, 1.82) is 0 Å². The topological polar surface area (TPSA) is 18.5 Å². The average molecular weight is 300 g/mol. The van der Waals surface area contributed by atoms with E-state index in [0.29, 0.717) is 12.0 Å². The van der Waals surface area contributed by atoms with Crippen molar-refractivity contribution in [2.75, 3.05) is 0 Å². The van der Waals surface area contributed by atoms with Gasteiger partial charge >= 0.3 is 0 Å². The lowest BCUT2D eigenvalue weighted by atomic mass is 9.72. The van der Waals surface area contributed by atoms with Gasteiger partial charge in [-0.2, -0.15) is 0 Å². The van der Waals surface area contributed by atoms with Crippen molar-refractivity contribution in [3.05, 3.63) is 41.5 Å². The molecule has 0 aromatic heterocycles. The first-order valence-electron chi connectivity index (χ1n) is 8.56. The fourth-order valence-electron chi connectivity index (χ4n) is 3.91. The van der Waals surface area contributed by atoms with Crippen LogP contribution in [0.5, 0.6) is 5.75 Å². The zero-order chi connectivity index (χ0) is 15.7. The monoisotopic (exact) mass is 300 g/mol. The molecular formula is C20H28O2. The third kappa shape index (κ3) is 2.94. The smallest absolute Gasteiger partial charge is 0.125 e. The summed E-state index contributed by atoms with van der Waals surface area (Å²) in [7, 11) is 0. The van der Waals surface area contributed by atoms with Gasteiger partial charge in [0.25, 0.3) is 0 Å². The molecule has 0 unspecified atom stereocenters. The minimum atomic E-state index is -0.134. The van der Waals surface area contributed by atoms with Gasteiger partial charge in [-0.1, -0.05) is 29.8 Å². The largest absolute Gasteiger partial charge is 0.487 e. The molecule has 0 N–H and O–H groups in total. The van der Waals surface area contributed by atoms with E-state index in [1.807, 2.05) is 0 Å². The van der Waals surface area contributed by atoms with Crippen molar-refractivity contribution in [1.82, 2.24) is 0 Å². The van der Waals surface area contributed by atoms with Gasteiger partial charge in [-0.05, 0) is 59.4 Å². The van der Waals surface area contributed by atoms with Crippen molar-refractivity contribution < 1.29 is 9.47 Å². The molecular weight excluding hydrogens is 272 g/mol. The van der Waals surface area contributed by atoms with E-state index in [1.165, 1.54) is 17.6 Å². The number of rotatable bonds is 3. The zero-order valence-electron chi connectivity index (χ0n) is 14.3. The molecule has 0 bridgehead atoms. The molecule has 0 amide bonds. The van der Waals surface area contributed by atoms with Crippen molar-refractivity contribution in [3.63, 3.8) is 0 Å². The van der Waals surface area contributed by atoms with Crippen LogP contribution in [0, 0.1) is 5.92 Å². The van der Waals surface area contributed by atoms with E-state index in [-0.39, 0.29) is 11.7 Å². The van der Waals surface area contributed by atoms with Crippen LogP contribution < -0.4 is 4.74 Å². The molecule has 1 saturated heterocycles. The molecule has 2 nitrogen and oxygen atoms in total. The minimum absolute atomic E-state index is 0.134. The van der Waals surface area contributed by atoms with Crippen LogP contribution in [-0.4, -0.2) is 11.7 Å². The standard InChI is InChI=1S/C20H28O2/c1-14(2)8-7-13-20(4)17-12-11-15(3)21-19(17)16-9-5-6-10-18(16)22-20/h5-6,8-10,15,17,19H,7,11-13H2,1-4H3/t15-,17-,19-,20-/m0/s1. The molecule has 2 heterocycles. The summed E-state index contributed by atoms with van der Waals surface area (Å²) in [6, 6.07) is 8.41. The summed E-state index contributed by atoms with van der Waals surface area (Å²) in [5, 5.41) is 0. The number of allylic oxidation sites excluding steroid dienone is 2. The average Bonchev–Trinajstić information content (AvgIpc) is 2.46. The van der Waals surface area contributed by atoms with Crippen LogP contribution in [0.25, 0.3) is 0 Å². The molecule has 2 heteroatoms. The highest BCUT2D eigenvalue weighted by Gasteiger charge is 2.48. The third-order valence-corrected chi connectivity index (χ3v) is 5.17. The summed E-state index contributed by atoms with van der Waals surface area (Å²) in [6.07, 6.45) is 7.28. The molecule has 0 spiro atoms. The highest BCUT2D eigenvalue weighted by molar-refractivity contribution is 5.39. The van der Waals surface area contributed by atoms with Crippen LogP contribution in [0.2, 0.25) is 0 Å². The summed E-state index contributed by atoms with van der Waals surface area (Å²) >= 11 is 0. The second-order valence-corrected chi connectivity index (χ2v) is 7.32. The number of hydrogen-bond donors (Lipinski definition) is 0. The van der Waals surface area contributed by atoms with E-state index in [2.05, 4.69) is 58.0 Å². The van der Waals surface area contributed by atoms with E-state index in [9.17, 15) is 0 Å². The molecule has 2 aliphatic rings. The van der Waals surface area contributed by atoms with E-state index in [1.54, 1.807) is 0 Å². The quantitative estimate of drug-likeness (QED) is 0.692. The van der Waals surface area contributed by atoms with E-state index in [0.717, 1.165) is 25.0 Å². The van der Waals surface area contributed by atoms with Gasteiger partial charge in [0.15, 0.2) is 0 Å². The minimum Gasteiger partial charge on any atom is -0.487 e. The van der Waals surface area contributed by atoms with E-state index < -0.39 is 0 Å². The molecule has 1 fully saturated rings. The maximum absolute atomic E-state index is 6.50. The number of hydrogen-bond acceptors (Lipinski definition) is 2. The van der Waals surface area contributed by atoms with Crippen LogP contribution >= 0.6 is 0 Å². The maximum atomic E-state index is 6.50. The van der Waals surface area contributed by atoms with Crippen LogP contribution in [0.4, 0.5) is 0 Å². The summed E-state index contributed by atoms with van der Waals surface area (Å²) in [5.74, 6) is 1.46. The first-order valence-corrected chi connectivity index (χ1v) is 8.56. The Labute approximate surface area is 134 Å². The van der Waals surface area contributed by atoms with Crippen LogP contribution in [0.3, 0.4) is 0 Å². The maximum Gasteiger partial charge on any atom is 0.125 e. The summed E-state index contributed by atoms with van der Waals surface area (Å²) in [5.41, 5.74) is 2.48. The second kappa shape index (κ2) is 6.08. The van der Waals surface area contributed by atoms with Crippen molar-refractivity contribution in [2.45, 2.75) is 71.2 Å². The molecule has 0 saturated carbocycles. The molecule has 0 radical (unpaired) electrons. The second-order valence-electron chi connectivity index (χ2n) is 7.32. The predicted molar refractivity (Wildman–Crippen MR) is 90.2 cm³/mol. The van der Waals surface area contributed by atoms with Gasteiger partial charge < -0.3 is 9.47 Å². The lowest BCUT2D eigenvalue weighted by molar-refractivity contribution is -0.152. The molecule has 0 aliphatic carbocycles. The Morgan fingerprint density at radius 3 is 2.82 bits per heavy atom. The zero-order valence-corrected chi connectivity index (χ0v) is 14.3. The normalized spacial score (nSPS) is 33.4. The van der Waals surface area contributed by atoms with Gasteiger partial charge in [0.2, 0.25) is 0 Å². The molecule has 1 aromatic rings. The summed E-state index contributed by atoms with van der Waals surface area (Å²) in [6.45, 7) is 8.79. The van der Waals surface area contributed by atoms with Gasteiger partial charge in [0.05, 0.1) is 12.2 Å². The molecule has 4 atom stereocenters. The number of benzene rings is 1. The van der Waals surface area contributed by atoms with Crippen LogP contribution in [0.1, 0.15) is 65.0 Å². The number of ether oxygens (including phenoxy) is 2. The fraction of sp³-hybridized carbons (Fsp3) is 0.600. The lowest BCUT2D eigenvalue weighted by Gasteiger charge is -2.50. The highest BCUT2D eigenvalue weighted by atomic mass is 16.5. The molecule has 22 heavy (non-hydrogen) atoms. The predicted octanol–water partition coefficient (Wildman–Crippen LogP) is 5.44. The van der Waals surface area contributed by atoms with Gasteiger partial charge in [0, 0.05) is 11.5 Å². The van der Waals surface area contributed by atoms with Crippen molar-refractivity contribution in [2.24, 2.45) is 5.92 Å². The van der Waals surface area contributed by atoms with Gasteiger partial charge in [-0.3, -0.25) is 0 Å². The Balaban J connectivity index is 1.90. The van der Waals surface area contributed by atoms with E-state index >= 15 is 0 Å². The highest BCUT2D eigenvalue weighted by Crippen LogP contribution is 2.51. The SMILES string of the molecule is CC(C)=CCC[C@]1(C)Oc2ccccc2[C@@H]2O[C@@H](C)CC[C@@H]21. The summed E-state index contributed by atoms with van der Waals surface area (Å²) in [4.78, 5) is 0. The first kappa shape index (κ1) is 15.6. The van der Waals surface area contributed by atoms with Gasteiger partial charge in [-0.25, -0.2) is 0 Å². The van der Waals surface area contributed by atoms with Gasteiger partial charge in [-0.15, -0.1) is 0 Å². The van der Waals surface area contributed by atoms with Crippen LogP contribution in [-0.2, 0) is 4.74 Å².